The van der Waals surface area contributed by atoms with Gasteiger partial charge in [-0.05, 0) is 32.0 Å². The summed E-state index contributed by atoms with van der Waals surface area (Å²) < 4.78 is 41.5. The maximum atomic E-state index is 13.1. The van der Waals surface area contributed by atoms with Crippen LogP contribution in [0.5, 0.6) is 11.5 Å². The van der Waals surface area contributed by atoms with Crippen LogP contribution in [-0.2, 0) is 6.54 Å². The van der Waals surface area contributed by atoms with Gasteiger partial charge >= 0.3 is 6.29 Å². The molecule has 2 aromatic heterocycles. The molecular weight excluding hydrogens is 362 g/mol. The maximum absolute atomic E-state index is 13.1. The lowest BCUT2D eigenvalue weighted by atomic mass is 10.2. The molecule has 4 rings (SSSR count). The minimum Gasteiger partial charge on any atom is -0.395 e. The summed E-state index contributed by atoms with van der Waals surface area (Å²) >= 11 is 0. The number of anilines is 1. The van der Waals surface area contributed by atoms with Gasteiger partial charge in [0.25, 0.3) is 5.91 Å². The van der Waals surface area contributed by atoms with E-state index in [1.165, 1.54) is 24.4 Å². The van der Waals surface area contributed by atoms with Crippen molar-refractivity contribution in [3.8, 4) is 11.5 Å². The molecule has 10 heteroatoms. The average molecular weight is 376 g/mol. The summed E-state index contributed by atoms with van der Waals surface area (Å²) in [6.07, 6.45) is -0.598. The largest absolute Gasteiger partial charge is 0.586 e. The molecule has 3 aromatic rings. The number of hydrogen-bond acceptors (Lipinski definition) is 6. The number of halogens is 2. The molecule has 0 aliphatic carbocycles. The van der Waals surface area contributed by atoms with Gasteiger partial charge in [0.05, 0.1) is 24.1 Å². The summed E-state index contributed by atoms with van der Waals surface area (Å²) in [5, 5.41) is 10.7. The lowest BCUT2D eigenvalue weighted by Crippen LogP contribution is -2.25. The maximum Gasteiger partial charge on any atom is 0.586 e. The van der Waals surface area contributed by atoms with Crippen molar-refractivity contribution in [2.45, 2.75) is 26.7 Å². The number of nitrogens with zero attached hydrogens (tertiary/aromatic N) is 3. The molecule has 0 saturated heterocycles. The number of alkyl halides is 2. The van der Waals surface area contributed by atoms with Gasteiger partial charge in [-0.2, -0.15) is 5.10 Å². The number of amides is 1. The van der Waals surface area contributed by atoms with Crippen LogP contribution < -0.4 is 14.8 Å². The SMILES string of the molecule is Cc1noc(C)c1Cn1cc(NC(=O)c2ccc3c(c2)OC(F)(F)O3)cn1. The standard InChI is InChI=1S/C17H14F2N4O4/c1-9-13(10(2)27-22-9)8-23-7-12(6-20-23)21-16(24)11-3-4-14-15(5-11)26-17(18,19)25-14/h3-7H,8H2,1-2H3,(H,21,24). The number of carbonyl (C=O) groups is 1. The van der Waals surface area contributed by atoms with E-state index in [1.54, 1.807) is 10.9 Å². The van der Waals surface area contributed by atoms with Crippen molar-refractivity contribution in [2.75, 3.05) is 5.32 Å². The fraction of sp³-hybridized carbons (Fsp3) is 0.235. The van der Waals surface area contributed by atoms with Gasteiger partial charge in [0.15, 0.2) is 11.5 Å². The van der Waals surface area contributed by atoms with Crippen LogP contribution in [0.15, 0.2) is 35.1 Å². The zero-order valence-corrected chi connectivity index (χ0v) is 14.3. The molecule has 0 unspecified atom stereocenters. The normalized spacial score (nSPS) is 14.4. The van der Waals surface area contributed by atoms with E-state index in [0.29, 0.717) is 18.0 Å². The van der Waals surface area contributed by atoms with Crippen molar-refractivity contribution in [2.24, 2.45) is 0 Å². The van der Waals surface area contributed by atoms with Crippen LogP contribution in [0.25, 0.3) is 0 Å². The Bertz CT molecular complexity index is 1010. The summed E-state index contributed by atoms with van der Waals surface area (Å²) in [4.78, 5) is 12.4. The molecule has 1 aromatic carbocycles. The predicted molar refractivity (Wildman–Crippen MR) is 87.9 cm³/mol. The number of benzene rings is 1. The second-order valence-electron chi connectivity index (χ2n) is 6.01. The molecule has 1 aliphatic rings. The van der Waals surface area contributed by atoms with Gasteiger partial charge in [0.2, 0.25) is 0 Å². The van der Waals surface area contributed by atoms with Crippen LogP contribution >= 0.6 is 0 Å². The number of nitrogens with one attached hydrogen (secondary N) is 1. The van der Waals surface area contributed by atoms with Gasteiger partial charge < -0.3 is 19.3 Å². The first-order valence-corrected chi connectivity index (χ1v) is 7.96. The van der Waals surface area contributed by atoms with Crippen molar-refractivity contribution < 1.29 is 27.6 Å². The monoisotopic (exact) mass is 376 g/mol. The zero-order chi connectivity index (χ0) is 19.2. The molecule has 0 saturated carbocycles. The number of carbonyl (C=O) groups excluding carboxylic acids is 1. The molecule has 1 N–H and O–H groups in total. The molecule has 0 bridgehead atoms. The van der Waals surface area contributed by atoms with E-state index in [-0.39, 0.29) is 17.1 Å². The van der Waals surface area contributed by atoms with Crippen molar-refractivity contribution in [3.05, 3.63) is 53.2 Å². The third-order valence-corrected chi connectivity index (χ3v) is 4.06. The van der Waals surface area contributed by atoms with Crippen molar-refractivity contribution in [1.82, 2.24) is 14.9 Å². The van der Waals surface area contributed by atoms with Gasteiger partial charge in [0, 0.05) is 17.3 Å². The third kappa shape index (κ3) is 3.33. The van der Waals surface area contributed by atoms with Crippen LogP contribution in [-0.4, -0.2) is 27.1 Å². The van der Waals surface area contributed by atoms with Gasteiger partial charge in [-0.25, -0.2) is 0 Å². The average Bonchev–Trinajstić information content (AvgIpc) is 3.26. The Hall–Kier alpha value is -3.43. The van der Waals surface area contributed by atoms with E-state index >= 15 is 0 Å². The summed E-state index contributed by atoms with van der Waals surface area (Å²) in [5.74, 6) is -0.107. The quantitative estimate of drug-likeness (QED) is 0.752. The first-order valence-electron chi connectivity index (χ1n) is 7.96. The van der Waals surface area contributed by atoms with E-state index in [9.17, 15) is 13.6 Å². The number of aryl methyl sites for hydroxylation is 2. The zero-order valence-electron chi connectivity index (χ0n) is 14.3. The molecule has 27 heavy (non-hydrogen) atoms. The highest BCUT2D eigenvalue weighted by Gasteiger charge is 2.43. The minimum atomic E-state index is -3.73. The Morgan fingerprint density at radius 1 is 1.26 bits per heavy atom. The second-order valence-corrected chi connectivity index (χ2v) is 6.01. The highest BCUT2D eigenvalue weighted by atomic mass is 19.3. The van der Waals surface area contributed by atoms with Gasteiger partial charge in [0.1, 0.15) is 5.76 Å². The van der Waals surface area contributed by atoms with Crippen LogP contribution in [0, 0.1) is 13.8 Å². The Morgan fingerprint density at radius 3 is 2.78 bits per heavy atom. The highest BCUT2D eigenvalue weighted by molar-refractivity contribution is 6.04. The van der Waals surface area contributed by atoms with E-state index in [0.717, 1.165) is 11.3 Å². The third-order valence-electron chi connectivity index (χ3n) is 4.06. The molecular formula is C17H14F2N4O4. The second kappa shape index (κ2) is 6.08. The van der Waals surface area contributed by atoms with Crippen LogP contribution in [0.4, 0.5) is 14.5 Å². The van der Waals surface area contributed by atoms with Crippen LogP contribution in [0.2, 0.25) is 0 Å². The van der Waals surface area contributed by atoms with Crippen molar-refractivity contribution in [1.29, 1.82) is 0 Å². The van der Waals surface area contributed by atoms with Crippen LogP contribution in [0.1, 0.15) is 27.4 Å². The Balaban J connectivity index is 1.46. The molecule has 0 radical (unpaired) electrons. The molecule has 0 fully saturated rings. The fourth-order valence-electron chi connectivity index (χ4n) is 2.70. The molecule has 0 atom stereocenters. The van der Waals surface area contributed by atoms with Gasteiger partial charge in [-0.3, -0.25) is 9.48 Å². The molecule has 140 valence electrons. The minimum absolute atomic E-state index is 0.121. The summed E-state index contributed by atoms with van der Waals surface area (Å²) in [6.45, 7) is 4.09. The summed E-state index contributed by atoms with van der Waals surface area (Å²) in [6, 6.07) is 3.82. The molecule has 1 aliphatic heterocycles. The molecule has 1 amide bonds. The number of aromatic nitrogens is 3. The van der Waals surface area contributed by atoms with E-state index in [4.69, 9.17) is 4.52 Å². The van der Waals surface area contributed by atoms with E-state index < -0.39 is 12.2 Å². The number of rotatable bonds is 4. The van der Waals surface area contributed by atoms with Crippen molar-refractivity contribution in [3.63, 3.8) is 0 Å². The lowest BCUT2D eigenvalue weighted by Gasteiger charge is -2.04. The molecule has 3 heterocycles. The molecule has 8 nitrogen and oxygen atoms in total. The Kier molecular flexibility index (Phi) is 3.83. The Morgan fingerprint density at radius 2 is 2.04 bits per heavy atom. The van der Waals surface area contributed by atoms with Crippen molar-refractivity contribution >= 4 is 11.6 Å². The van der Waals surface area contributed by atoms with Gasteiger partial charge in [-0.15, -0.1) is 8.78 Å². The fourth-order valence-corrected chi connectivity index (χ4v) is 2.70. The van der Waals surface area contributed by atoms with E-state index in [1.807, 2.05) is 13.8 Å². The first kappa shape index (κ1) is 17.0. The predicted octanol–water partition coefficient (Wildman–Crippen LogP) is 3.11. The smallest absolute Gasteiger partial charge is 0.395 e. The lowest BCUT2D eigenvalue weighted by molar-refractivity contribution is -0.286. The highest BCUT2D eigenvalue weighted by Crippen LogP contribution is 2.41. The van der Waals surface area contributed by atoms with E-state index in [2.05, 4.69) is 25.0 Å². The first-order chi connectivity index (χ1) is 12.8. The Labute approximate surface area is 151 Å². The van der Waals surface area contributed by atoms with Crippen LogP contribution in [0.3, 0.4) is 0 Å². The topological polar surface area (TPSA) is 91.4 Å². The summed E-state index contributed by atoms with van der Waals surface area (Å²) in [7, 11) is 0. The number of ether oxygens (including phenoxy) is 2. The van der Waals surface area contributed by atoms with Gasteiger partial charge in [-0.1, -0.05) is 5.16 Å². The number of fused-ring (bicyclic) bond motifs is 1. The summed E-state index contributed by atoms with van der Waals surface area (Å²) in [5.41, 5.74) is 2.28. The molecule has 0 spiro atoms. The number of hydrogen-bond donors (Lipinski definition) is 1.